The molecular formula is C23H23F3N6O3S2. The van der Waals surface area contributed by atoms with Crippen LogP contribution in [0, 0.1) is 0 Å². The highest BCUT2D eigenvalue weighted by molar-refractivity contribution is 7.91. The molecule has 0 aliphatic carbocycles. The first-order valence-corrected chi connectivity index (χ1v) is 13.7. The van der Waals surface area contributed by atoms with Crippen LogP contribution in [0.3, 0.4) is 0 Å². The van der Waals surface area contributed by atoms with E-state index in [4.69, 9.17) is 4.42 Å². The molecule has 1 unspecified atom stereocenters. The zero-order valence-corrected chi connectivity index (χ0v) is 21.3. The number of halogens is 3. The van der Waals surface area contributed by atoms with Crippen LogP contribution in [0.1, 0.15) is 12.5 Å². The van der Waals surface area contributed by atoms with Gasteiger partial charge in [0, 0.05) is 44.2 Å². The summed E-state index contributed by atoms with van der Waals surface area (Å²) in [6, 6.07) is 7.02. The van der Waals surface area contributed by atoms with Crippen LogP contribution in [-0.4, -0.2) is 71.3 Å². The Morgan fingerprint density at radius 3 is 2.62 bits per heavy atom. The number of nitrogens with one attached hydrogen (secondary N) is 1. The van der Waals surface area contributed by atoms with Crippen LogP contribution in [0.5, 0.6) is 0 Å². The molecular weight excluding hydrogens is 529 g/mol. The zero-order valence-electron chi connectivity index (χ0n) is 19.6. The van der Waals surface area contributed by atoms with E-state index in [1.807, 2.05) is 6.92 Å². The number of benzene rings is 1. The Morgan fingerprint density at radius 1 is 1.14 bits per heavy atom. The molecule has 0 amide bonds. The van der Waals surface area contributed by atoms with Crippen molar-refractivity contribution < 1.29 is 26.0 Å². The number of aromatic nitrogens is 3. The Morgan fingerprint density at radius 2 is 1.92 bits per heavy atom. The fourth-order valence-corrected chi connectivity index (χ4v) is 7.14. The van der Waals surface area contributed by atoms with E-state index in [0.717, 1.165) is 23.7 Å². The van der Waals surface area contributed by atoms with Gasteiger partial charge in [0.1, 0.15) is 16.4 Å². The first-order valence-electron chi connectivity index (χ1n) is 11.4. The lowest BCUT2D eigenvalue weighted by atomic mass is 10.1. The molecule has 1 aliphatic rings. The maximum absolute atomic E-state index is 13.4. The van der Waals surface area contributed by atoms with Gasteiger partial charge >= 0.3 is 6.18 Å². The standard InChI is InChI=1S/C23H23F3N6O3S2/c1-15(30-22-16-3-2-4-17(23(24,25)26)21(16)28-13-29-22)12-31-7-9-32(10-8-31)37(33,34)20-6-5-19(36-20)18-11-27-14-35-18/h2-6,11,13-15H,7-10,12H2,1H3,(H,28,29,30). The fraction of sp³-hybridized carbons (Fsp3) is 0.348. The smallest absolute Gasteiger partial charge is 0.418 e. The lowest BCUT2D eigenvalue weighted by Crippen LogP contribution is -2.50. The Hall–Kier alpha value is -3.07. The summed E-state index contributed by atoms with van der Waals surface area (Å²) in [5, 5.41) is 3.48. The van der Waals surface area contributed by atoms with Gasteiger partial charge in [-0.2, -0.15) is 17.5 Å². The van der Waals surface area contributed by atoms with Crippen LogP contribution in [0.4, 0.5) is 19.0 Å². The number of fused-ring (bicyclic) bond motifs is 1. The average Bonchev–Trinajstić information content (AvgIpc) is 3.56. The predicted octanol–water partition coefficient (Wildman–Crippen LogP) is 4.17. The van der Waals surface area contributed by atoms with Gasteiger partial charge in [0.25, 0.3) is 10.0 Å². The van der Waals surface area contributed by atoms with Gasteiger partial charge in [-0.25, -0.2) is 23.4 Å². The quantitative estimate of drug-likeness (QED) is 0.364. The molecule has 1 aliphatic heterocycles. The van der Waals surface area contributed by atoms with E-state index < -0.39 is 21.8 Å². The summed E-state index contributed by atoms with van der Waals surface area (Å²) < 4.78 is 73.3. The molecule has 9 nitrogen and oxygen atoms in total. The van der Waals surface area contributed by atoms with E-state index in [2.05, 4.69) is 25.2 Å². The van der Waals surface area contributed by atoms with Gasteiger partial charge in [0.2, 0.25) is 0 Å². The van der Waals surface area contributed by atoms with Gasteiger partial charge in [-0.15, -0.1) is 11.3 Å². The molecule has 1 N–H and O–H groups in total. The van der Waals surface area contributed by atoms with Crippen molar-refractivity contribution in [1.82, 2.24) is 24.2 Å². The number of hydrogen-bond acceptors (Lipinski definition) is 9. The van der Waals surface area contributed by atoms with E-state index in [1.165, 1.54) is 23.0 Å². The monoisotopic (exact) mass is 552 g/mol. The van der Waals surface area contributed by atoms with E-state index in [-0.39, 0.29) is 15.8 Å². The number of para-hydroxylation sites is 1. The van der Waals surface area contributed by atoms with Gasteiger partial charge in [0.15, 0.2) is 12.2 Å². The summed E-state index contributed by atoms with van der Waals surface area (Å²) in [6.45, 7) is 4.17. The number of piperazine rings is 1. The number of sulfonamides is 1. The van der Waals surface area contributed by atoms with Gasteiger partial charge in [0.05, 0.1) is 22.2 Å². The summed E-state index contributed by atoms with van der Waals surface area (Å²) in [5.41, 5.74) is -0.960. The van der Waals surface area contributed by atoms with Crippen molar-refractivity contribution in [3.63, 3.8) is 0 Å². The summed E-state index contributed by atoms with van der Waals surface area (Å²) in [5.74, 6) is 0.842. The molecule has 1 saturated heterocycles. The lowest BCUT2D eigenvalue weighted by molar-refractivity contribution is -0.136. The normalized spacial score (nSPS) is 16.8. The molecule has 4 aromatic rings. The number of alkyl halides is 3. The van der Waals surface area contributed by atoms with Crippen molar-refractivity contribution in [3.05, 3.63) is 54.8 Å². The van der Waals surface area contributed by atoms with E-state index in [1.54, 1.807) is 18.2 Å². The molecule has 5 rings (SSSR count). The van der Waals surface area contributed by atoms with Gasteiger partial charge in [-0.1, -0.05) is 6.07 Å². The Labute approximate surface area is 215 Å². The largest absolute Gasteiger partial charge is 0.443 e. The van der Waals surface area contributed by atoms with Crippen LogP contribution in [0.25, 0.3) is 21.5 Å². The second-order valence-electron chi connectivity index (χ2n) is 8.66. The summed E-state index contributed by atoms with van der Waals surface area (Å²) in [4.78, 5) is 14.7. The average molecular weight is 553 g/mol. The molecule has 37 heavy (non-hydrogen) atoms. The summed E-state index contributed by atoms with van der Waals surface area (Å²) >= 11 is 1.14. The molecule has 1 aromatic carbocycles. The molecule has 0 saturated carbocycles. The Bertz CT molecular complexity index is 1480. The van der Waals surface area contributed by atoms with Crippen molar-refractivity contribution in [2.45, 2.75) is 23.4 Å². The molecule has 1 fully saturated rings. The van der Waals surface area contributed by atoms with E-state index >= 15 is 0 Å². The molecule has 196 valence electrons. The van der Waals surface area contributed by atoms with Crippen molar-refractivity contribution >= 4 is 38.1 Å². The SMILES string of the molecule is CC(CN1CCN(S(=O)(=O)c2ccc(-c3cnco3)s2)CC1)Nc1ncnc2c(C(F)(F)F)cccc12. The Balaban J connectivity index is 1.21. The topological polar surface area (TPSA) is 104 Å². The zero-order chi connectivity index (χ0) is 26.2. The maximum atomic E-state index is 13.4. The van der Waals surface area contributed by atoms with E-state index in [9.17, 15) is 21.6 Å². The third kappa shape index (κ3) is 5.32. The van der Waals surface area contributed by atoms with Gasteiger partial charge < -0.3 is 9.73 Å². The van der Waals surface area contributed by atoms with Crippen LogP contribution >= 0.6 is 11.3 Å². The number of anilines is 1. The Kier molecular flexibility index (Phi) is 6.91. The third-order valence-electron chi connectivity index (χ3n) is 6.07. The third-order valence-corrected chi connectivity index (χ3v) is 9.53. The highest BCUT2D eigenvalue weighted by atomic mass is 32.2. The molecule has 0 spiro atoms. The lowest BCUT2D eigenvalue weighted by Gasteiger charge is -2.35. The highest BCUT2D eigenvalue weighted by Crippen LogP contribution is 2.35. The minimum atomic E-state index is -4.52. The first-order chi connectivity index (χ1) is 17.6. The minimum Gasteiger partial charge on any atom is -0.443 e. The first kappa shape index (κ1) is 25.6. The van der Waals surface area contributed by atoms with Crippen LogP contribution in [-0.2, 0) is 16.2 Å². The molecule has 3 aromatic heterocycles. The van der Waals surface area contributed by atoms with Crippen LogP contribution in [0.2, 0.25) is 0 Å². The molecule has 0 radical (unpaired) electrons. The van der Waals surface area contributed by atoms with Gasteiger partial charge in [-0.3, -0.25) is 4.90 Å². The minimum absolute atomic E-state index is 0.154. The highest BCUT2D eigenvalue weighted by Gasteiger charge is 2.34. The predicted molar refractivity (Wildman–Crippen MR) is 133 cm³/mol. The number of oxazole rings is 1. The van der Waals surface area contributed by atoms with Crippen LogP contribution < -0.4 is 5.32 Å². The maximum Gasteiger partial charge on any atom is 0.418 e. The van der Waals surface area contributed by atoms with E-state index in [0.29, 0.717) is 54.6 Å². The van der Waals surface area contributed by atoms with Gasteiger partial charge in [-0.05, 0) is 31.2 Å². The molecule has 1 atom stereocenters. The second kappa shape index (κ2) is 10.0. The van der Waals surface area contributed by atoms with Crippen molar-refractivity contribution in [3.8, 4) is 10.6 Å². The number of thiophene rings is 1. The van der Waals surface area contributed by atoms with Crippen molar-refractivity contribution in [2.24, 2.45) is 0 Å². The number of hydrogen-bond donors (Lipinski definition) is 1. The number of nitrogens with zero attached hydrogens (tertiary/aromatic N) is 5. The molecule has 0 bridgehead atoms. The van der Waals surface area contributed by atoms with Crippen molar-refractivity contribution in [1.29, 1.82) is 0 Å². The molecule has 14 heteroatoms. The molecule has 4 heterocycles. The number of rotatable bonds is 7. The summed E-state index contributed by atoms with van der Waals surface area (Å²) in [7, 11) is -3.63. The van der Waals surface area contributed by atoms with Crippen LogP contribution in [0.15, 0.2) is 57.9 Å². The second-order valence-corrected chi connectivity index (χ2v) is 11.9. The van der Waals surface area contributed by atoms with Crippen molar-refractivity contribution in [2.75, 3.05) is 38.0 Å². The summed E-state index contributed by atoms with van der Waals surface area (Å²) in [6.07, 6.45) is -0.562. The fourth-order valence-electron chi connectivity index (χ4n) is 4.31.